The molecular weight excluding hydrogens is 98.1 g/mol. The highest BCUT2D eigenvalue weighted by Crippen LogP contribution is 2.39. The van der Waals surface area contributed by atoms with E-state index in [1.54, 1.807) is 0 Å². The van der Waals surface area contributed by atoms with Crippen molar-refractivity contribution in [2.75, 3.05) is 7.05 Å². The van der Waals surface area contributed by atoms with E-state index in [4.69, 9.17) is 0 Å². The topological polar surface area (TPSA) is 26.0 Å². The smallest absolute Gasteiger partial charge is 0.0195 e. The molecule has 0 bridgehead atoms. The molecule has 2 unspecified atom stereocenters. The van der Waals surface area contributed by atoms with Crippen molar-refractivity contribution in [1.29, 1.82) is 0 Å². The van der Waals surface area contributed by atoms with Gasteiger partial charge in [0.1, 0.15) is 0 Å². The SMILES string of the molecule is CCC1CC1C.CN. The molecule has 0 aromatic rings. The minimum Gasteiger partial charge on any atom is -0.333 e. The van der Waals surface area contributed by atoms with Gasteiger partial charge in [-0.1, -0.05) is 20.3 Å². The van der Waals surface area contributed by atoms with Gasteiger partial charge in [0.2, 0.25) is 0 Å². The predicted octanol–water partition coefficient (Wildman–Crippen LogP) is 1.63. The molecule has 0 heterocycles. The Morgan fingerprint density at radius 2 is 1.88 bits per heavy atom. The standard InChI is InChI=1S/C6H12.CH5N/c1-3-6-4-5(6)2;1-2/h5-6H,3-4H2,1-2H3;2H2,1H3. The van der Waals surface area contributed by atoms with Crippen LogP contribution >= 0.6 is 0 Å². The monoisotopic (exact) mass is 115 g/mol. The van der Waals surface area contributed by atoms with Gasteiger partial charge in [-0.3, -0.25) is 0 Å². The number of hydrogen-bond acceptors (Lipinski definition) is 1. The Balaban J connectivity index is 0.000000222. The fraction of sp³-hybridized carbons (Fsp3) is 1.00. The van der Waals surface area contributed by atoms with E-state index in [1.165, 1.54) is 19.9 Å². The van der Waals surface area contributed by atoms with Gasteiger partial charge in [0.05, 0.1) is 0 Å². The first kappa shape index (κ1) is 7.96. The number of nitrogens with two attached hydrogens (primary N) is 1. The van der Waals surface area contributed by atoms with Crippen LogP contribution in [-0.2, 0) is 0 Å². The van der Waals surface area contributed by atoms with E-state index in [9.17, 15) is 0 Å². The highest BCUT2D eigenvalue weighted by Gasteiger charge is 2.29. The minimum absolute atomic E-state index is 1.06. The molecule has 0 spiro atoms. The minimum atomic E-state index is 1.06. The molecule has 0 aliphatic heterocycles. The summed E-state index contributed by atoms with van der Waals surface area (Å²) in [7, 11) is 1.50. The largest absolute Gasteiger partial charge is 0.333 e. The summed E-state index contributed by atoms with van der Waals surface area (Å²) < 4.78 is 0. The molecule has 8 heavy (non-hydrogen) atoms. The quantitative estimate of drug-likeness (QED) is 0.552. The first-order chi connectivity index (χ1) is 3.84. The molecule has 1 rings (SSSR count). The highest BCUT2D eigenvalue weighted by atomic mass is 14.4. The highest BCUT2D eigenvalue weighted by molar-refractivity contribution is 4.80. The van der Waals surface area contributed by atoms with Gasteiger partial charge in [0, 0.05) is 0 Å². The van der Waals surface area contributed by atoms with Crippen LogP contribution < -0.4 is 5.73 Å². The van der Waals surface area contributed by atoms with Gasteiger partial charge in [0.25, 0.3) is 0 Å². The Bertz CT molecular complexity index is 50.3. The second kappa shape index (κ2) is 3.90. The van der Waals surface area contributed by atoms with Gasteiger partial charge < -0.3 is 5.73 Å². The van der Waals surface area contributed by atoms with E-state index >= 15 is 0 Å². The molecule has 2 atom stereocenters. The van der Waals surface area contributed by atoms with Crippen molar-refractivity contribution in [3.63, 3.8) is 0 Å². The van der Waals surface area contributed by atoms with Crippen LogP contribution in [0, 0.1) is 11.8 Å². The third-order valence-corrected chi connectivity index (χ3v) is 1.80. The lowest BCUT2D eigenvalue weighted by molar-refractivity contribution is 0.724. The molecule has 0 radical (unpaired) electrons. The molecule has 2 N–H and O–H groups in total. The second-order valence-corrected chi connectivity index (χ2v) is 2.38. The maximum atomic E-state index is 4.50. The zero-order chi connectivity index (χ0) is 6.57. The average molecular weight is 115 g/mol. The molecular formula is C7H17N. The lowest BCUT2D eigenvalue weighted by atomic mass is 10.3. The fourth-order valence-corrected chi connectivity index (χ4v) is 0.968. The van der Waals surface area contributed by atoms with Crippen LogP contribution in [0.1, 0.15) is 26.7 Å². The summed E-state index contributed by atoms with van der Waals surface area (Å²) in [5.74, 6) is 2.17. The van der Waals surface area contributed by atoms with Crippen molar-refractivity contribution in [2.24, 2.45) is 17.6 Å². The van der Waals surface area contributed by atoms with Gasteiger partial charge >= 0.3 is 0 Å². The van der Waals surface area contributed by atoms with Crippen molar-refractivity contribution >= 4 is 0 Å². The van der Waals surface area contributed by atoms with Crippen molar-refractivity contribution in [3.05, 3.63) is 0 Å². The molecule has 0 aromatic carbocycles. The Kier molecular flexibility index (Phi) is 3.88. The zero-order valence-electron chi connectivity index (χ0n) is 6.15. The summed E-state index contributed by atoms with van der Waals surface area (Å²) in [6.07, 6.45) is 2.90. The van der Waals surface area contributed by atoms with Crippen LogP contribution in [-0.4, -0.2) is 7.05 Å². The normalized spacial score (nSPS) is 33.0. The van der Waals surface area contributed by atoms with E-state index in [0.717, 1.165) is 11.8 Å². The number of rotatable bonds is 1. The summed E-state index contributed by atoms with van der Waals surface area (Å²) in [6, 6.07) is 0. The van der Waals surface area contributed by atoms with Gasteiger partial charge in [-0.25, -0.2) is 0 Å². The fourth-order valence-electron chi connectivity index (χ4n) is 0.968. The van der Waals surface area contributed by atoms with E-state index in [-0.39, 0.29) is 0 Å². The van der Waals surface area contributed by atoms with Crippen LogP contribution in [0.2, 0.25) is 0 Å². The van der Waals surface area contributed by atoms with Crippen molar-refractivity contribution < 1.29 is 0 Å². The van der Waals surface area contributed by atoms with Crippen molar-refractivity contribution in [2.45, 2.75) is 26.7 Å². The summed E-state index contributed by atoms with van der Waals surface area (Å²) in [5.41, 5.74) is 4.50. The molecule has 1 saturated carbocycles. The summed E-state index contributed by atoms with van der Waals surface area (Å²) in [5, 5.41) is 0. The van der Waals surface area contributed by atoms with Crippen LogP contribution in [0.4, 0.5) is 0 Å². The van der Waals surface area contributed by atoms with Gasteiger partial charge in [0.15, 0.2) is 0 Å². The first-order valence-corrected chi connectivity index (χ1v) is 3.42. The summed E-state index contributed by atoms with van der Waals surface area (Å²) in [4.78, 5) is 0. The molecule has 1 fully saturated rings. The third-order valence-electron chi connectivity index (χ3n) is 1.80. The van der Waals surface area contributed by atoms with Gasteiger partial charge in [-0.15, -0.1) is 0 Å². The molecule has 1 nitrogen and oxygen atoms in total. The molecule has 1 aliphatic carbocycles. The maximum absolute atomic E-state index is 4.50. The maximum Gasteiger partial charge on any atom is -0.0195 e. The van der Waals surface area contributed by atoms with E-state index in [1.807, 2.05) is 0 Å². The number of hydrogen-bond donors (Lipinski definition) is 1. The molecule has 0 aromatic heterocycles. The van der Waals surface area contributed by atoms with E-state index < -0.39 is 0 Å². The van der Waals surface area contributed by atoms with Crippen molar-refractivity contribution in [3.8, 4) is 0 Å². The molecule has 0 amide bonds. The van der Waals surface area contributed by atoms with Crippen LogP contribution in [0.15, 0.2) is 0 Å². The van der Waals surface area contributed by atoms with Gasteiger partial charge in [-0.2, -0.15) is 0 Å². The lowest BCUT2D eigenvalue weighted by Crippen LogP contribution is -1.69. The third kappa shape index (κ3) is 2.31. The van der Waals surface area contributed by atoms with E-state index in [0.29, 0.717) is 0 Å². The molecule has 50 valence electrons. The first-order valence-electron chi connectivity index (χ1n) is 3.42. The van der Waals surface area contributed by atoms with Crippen LogP contribution in [0.25, 0.3) is 0 Å². The molecule has 1 aliphatic rings. The second-order valence-electron chi connectivity index (χ2n) is 2.38. The summed E-state index contributed by atoms with van der Waals surface area (Å²) in [6.45, 7) is 4.60. The average Bonchev–Trinajstić information content (AvgIpc) is 2.52. The van der Waals surface area contributed by atoms with Gasteiger partial charge in [-0.05, 0) is 25.3 Å². The van der Waals surface area contributed by atoms with Crippen LogP contribution in [0.5, 0.6) is 0 Å². The Labute approximate surface area is 52.3 Å². The predicted molar refractivity (Wildman–Crippen MR) is 37.7 cm³/mol. The van der Waals surface area contributed by atoms with Crippen LogP contribution in [0.3, 0.4) is 0 Å². The Hall–Kier alpha value is -0.0400. The molecule has 1 heteroatoms. The Morgan fingerprint density at radius 1 is 1.50 bits per heavy atom. The Morgan fingerprint density at radius 3 is 1.88 bits per heavy atom. The molecule has 0 saturated heterocycles. The zero-order valence-corrected chi connectivity index (χ0v) is 6.15. The lowest BCUT2D eigenvalue weighted by Gasteiger charge is -1.79. The summed E-state index contributed by atoms with van der Waals surface area (Å²) >= 11 is 0. The van der Waals surface area contributed by atoms with Crippen molar-refractivity contribution in [1.82, 2.24) is 0 Å². The van der Waals surface area contributed by atoms with E-state index in [2.05, 4.69) is 19.6 Å².